The number of hydrogen-bond acceptors (Lipinski definition) is 4. The van der Waals surface area contributed by atoms with Gasteiger partial charge >= 0.3 is 0 Å². The van der Waals surface area contributed by atoms with E-state index in [1.807, 2.05) is 13.0 Å². The number of hydrogen-bond donors (Lipinski definition) is 2. The van der Waals surface area contributed by atoms with Gasteiger partial charge in [-0.1, -0.05) is 33.1 Å². The molecule has 0 amide bonds. The summed E-state index contributed by atoms with van der Waals surface area (Å²) < 4.78 is 28.0. The summed E-state index contributed by atoms with van der Waals surface area (Å²) in [5.41, 5.74) is 0.120. The molecule has 2 N–H and O–H groups in total. The third-order valence-electron chi connectivity index (χ3n) is 4.20. The third-order valence-corrected chi connectivity index (χ3v) is 7.18. The molecule has 0 bridgehead atoms. The predicted molar refractivity (Wildman–Crippen MR) is 88.1 cm³/mol. The zero-order chi connectivity index (χ0) is 15.3. The molecule has 0 aliphatic heterocycles. The van der Waals surface area contributed by atoms with Gasteiger partial charge < -0.3 is 5.32 Å². The molecule has 120 valence electrons. The van der Waals surface area contributed by atoms with Crippen LogP contribution in [0.4, 0.5) is 0 Å². The van der Waals surface area contributed by atoms with E-state index in [0.717, 1.165) is 30.8 Å². The van der Waals surface area contributed by atoms with Gasteiger partial charge in [0.1, 0.15) is 4.21 Å². The van der Waals surface area contributed by atoms with Gasteiger partial charge in [-0.3, -0.25) is 0 Å². The highest BCUT2D eigenvalue weighted by Crippen LogP contribution is 2.35. The number of sulfonamides is 1. The van der Waals surface area contributed by atoms with Gasteiger partial charge in [-0.2, -0.15) is 0 Å². The molecule has 21 heavy (non-hydrogen) atoms. The van der Waals surface area contributed by atoms with Gasteiger partial charge in [0.05, 0.1) is 0 Å². The molecular weight excluding hydrogens is 304 g/mol. The van der Waals surface area contributed by atoms with Gasteiger partial charge in [0.15, 0.2) is 0 Å². The van der Waals surface area contributed by atoms with E-state index in [4.69, 9.17) is 0 Å². The second kappa shape index (κ2) is 7.22. The van der Waals surface area contributed by atoms with Crippen LogP contribution in [0.15, 0.2) is 16.3 Å². The molecule has 1 aliphatic rings. The van der Waals surface area contributed by atoms with Crippen LogP contribution in [-0.2, 0) is 16.6 Å². The maximum Gasteiger partial charge on any atom is 0.250 e. The maximum absolute atomic E-state index is 12.4. The standard InChI is InChI=1S/C15H26N2O2S2/c1-3-16-11-13-7-8-14(20-13)21(18,19)17-12-15(2)9-5-4-6-10-15/h7-8,16-17H,3-6,9-12H2,1-2H3. The highest BCUT2D eigenvalue weighted by Gasteiger charge is 2.29. The van der Waals surface area contributed by atoms with Crippen molar-refractivity contribution in [3.8, 4) is 0 Å². The van der Waals surface area contributed by atoms with Crippen LogP contribution in [0.2, 0.25) is 0 Å². The number of thiophene rings is 1. The normalized spacial score (nSPS) is 18.8. The SMILES string of the molecule is CCNCc1ccc(S(=O)(=O)NCC2(C)CCCCC2)s1. The molecule has 6 heteroatoms. The zero-order valence-electron chi connectivity index (χ0n) is 12.9. The lowest BCUT2D eigenvalue weighted by Gasteiger charge is -2.33. The summed E-state index contributed by atoms with van der Waals surface area (Å²) in [7, 11) is -3.36. The molecule has 1 heterocycles. The van der Waals surface area contributed by atoms with E-state index in [2.05, 4.69) is 17.0 Å². The summed E-state index contributed by atoms with van der Waals surface area (Å²) in [6, 6.07) is 3.60. The topological polar surface area (TPSA) is 58.2 Å². The Balaban J connectivity index is 1.96. The van der Waals surface area contributed by atoms with Crippen LogP contribution in [0.25, 0.3) is 0 Å². The van der Waals surface area contributed by atoms with E-state index in [1.54, 1.807) is 6.07 Å². The van der Waals surface area contributed by atoms with Crippen LogP contribution in [0.3, 0.4) is 0 Å². The Morgan fingerprint density at radius 2 is 1.95 bits per heavy atom. The minimum atomic E-state index is -3.36. The van der Waals surface area contributed by atoms with Crippen molar-refractivity contribution >= 4 is 21.4 Å². The van der Waals surface area contributed by atoms with Crippen molar-refractivity contribution in [1.29, 1.82) is 0 Å². The maximum atomic E-state index is 12.4. The van der Waals surface area contributed by atoms with Crippen LogP contribution in [0, 0.1) is 5.41 Å². The Hall–Kier alpha value is -0.430. The van der Waals surface area contributed by atoms with Crippen molar-refractivity contribution in [2.24, 2.45) is 5.41 Å². The highest BCUT2D eigenvalue weighted by atomic mass is 32.2. The minimum absolute atomic E-state index is 0.120. The lowest BCUT2D eigenvalue weighted by Crippen LogP contribution is -2.36. The molecule has 0 atom stereocenters. The Kier molecular flexibility index (Phi) is 5.82. The Morgan fingerprint density at radius 3 is 2.62 bits per heavy atom. The summed E-state index contributed by atoms with van der Waals surface area (Å²) in [6.45, 7) is 6.40. The first-order valence-electron chi connectivity index (χ1n) is 7.74. The Labute approximate surface area is 132 Å². The summed E-state index contributed by atoms with van der Waals surface area (Å²) >= 11 is 1.35. The van der Waals surface area contributed by atoms with Crippen LogP contribution in [0.1, 0.15) is 50.8 Å². The van der Waals surface area contributed by atoms with Crippen molar-refractivity contribution < 1.29 is 8.42 Å². The number of rotatable bonds is 7. The first kappa shape index (κ1) is 16.9. The highest BCUT2D eigenvalue weighted by molar-refractivity contribution is 7.91. The average Bonchev–Trinajstić information content (AvgIpc) is 2.94. The molecule has 1 fully saturated rings. The van der Waals surface area contributed by atoms with Crippen molar-refractivity contribution in [2.45, 2.75) is 56.7 Å². The third kappa shape index (κ3) is 4.77. The second-order valence-corrected chi connectivity index (χ2v) is 9.36. The minimum Gasteiger partial charge on any atom is -0.312 e. The fourth-order valence-electron chi connectivity index (χ4n) is 2.77. The quantitative estimate of drug-likeness (QED) is 0.807. The Bertz CT molecular complexity index is 546. The van der Waals surface area contributed by atoms with E-state index in [1.165, 1.54) is 30.6 Å². The molecule has 0 spiro atoms. The summed E-state index contributed by atoms with van der Waals surface area (Å²) in [6.07, 6.45) is 5.94. The first-order chi connectivity index (χ1) is 9.95. The monoisotopic (exact) mass is 330 g/mol. The molecule has 1 aliphatic carbocycles. The van der Waals surface area contributed by atoms with Crippen molar-refractivity contribution in [1.82, 2.24) is 10.0 Å². The summed E-state index contributed by atoms with van der Waals surface area (Å²) in [5.74, 6) is 0. The van der Waals surface area contributed by atoms with Gasteiger partial charge in [-0.05, 0) is 36.9 Å². The zero-order valence-corrected chi connectivity index (χ0v) is 14.6. The summed E-state index contributed by atoms with van der Waals surface area (Å²) in [5, 5.41) is 3.21. The van der Waals surface area contributed by atoms with Crippen LogP contribution < -0.4 is 10.0 Å². The molecule has 0 unspecified atom stereocenters. The molecule has 0 saturated heterocycles. The van der Waals surface area contributed by atoms with Crippen LogP contribution in [-0.4, -0.2) is 21.5 Å². The molecule has 0 aromatic carbocycles. The molecular formula is C15H26N2O2S2. The predicted octanol–water partition coefficient (Wildman–Crippen LogP) is 3.11. The lowest BCUT2D eigenvalue weighted by atomic mass is 9.76. The molecule has 2 rings (SSSR count). The number of nitrogens with one attached hydrogen (secondary N) is 2. The average molecular weight is 331 g/mol. The van der Waals surface area contributed by atoms with Crippen LogP contribution >= 0.6 is 11.3 Å². The Morgan fingerprint density at radius 1 is 1.24 bits per heavy atom. The second-order valence-electron chi connectivity index (χ2n) is 6.20. The van der Waals surface area contributed by atoms with E-state index in [0.29, 0.717) is 10.8 Å². The van der Waals surface area contributed by atoms with Gasteiger partial charge in [0.2, 0.25) is 10.0 Å². The fraction of sp³-hybridized carbons (Fsp3) is 0.733. The molecule has 0 radical (unpaired) electrons. The first-order valence-corrected chi connectivity index (χ1v) is 10.0. The molecule has 1 aromatic rings. The van der Waals surface area contributed by atoms with Gasteiger partial charge in [0, 0.05) is 18.0 Å². The van der Waals surface area contributed by atoms with Crippen molar-refractivity contribution in [3.05, 3.63) is 17.0 Å². The van der Waals surface area contributed by atoms with E-state index < -0.39 is 10.0 Å². The molecule has 1 saturated carbocycles. The van der Waals surface area contributed by atoms with Gasteiger partial charge in [-0.15, -0.1) is 11.3 Å². The largest absolute Gasteiger partial charge is 0.312 e. The van der Waals surface area contributed by atoms with Crippen molar-refractivity contribution in [2.75, 3.05) is 13.1 Å². The smallest absolute Gasteiger partial charge is 0.250 e. The van der Waals surface area contributed by atoms with Gasteiger partial charge in [0.25, 0.3) is 0 Å². The summed E-state index contributed by atoms with van der Waals surface area (Å²) in [4.78, 5) is 1.06. The fourth-order valence-corrected chi connectivity index (χ4v) is 5.34. The van der Waals surface area contributed by atoms with Gasteiger partial charge in [-0.25, -0.2) is 13.1 Å². The van der Waals surface area contributed by atoms with Crippen molar-refractivity contribution in [3.63, 3.8) is 0 Å². The molecule has 4 nitrogen and oxygen atoms in total. The van der Waals surface area contributed by atoms with E-state index >= 15 is 0 Å². The molecule has 1 aromatic heterocycles. The van der Waals surface area contributed by atoms with E-state index in [-0.39, 0.29) is 5.41 Å². The van der Waals surface area contributed by atoms with E-state index in [9.17, 15) is 8.42 Å². The lowest BCUT2D eigenvalue weighted by molar-refractivity contribution is 0.219. The van der Waals surface area contributed by atoms with Crippen LogP contribution in [0.5, 0.6) is 0 Å².